The van der Waals surface area contributed by atoms with Gasteiger partial charge in [-0.05, 0) is 37.3 Å². The Labute approximate surface area is 138 Å². The number of nitrogens with one attached hydrogen (secondary N) is 2. The van der Waals surface area contributed by atoms with Gasteiger partial charge in [-0.1, -0.05) is 23.7 Å². The smallest absolute Gasteiger partial charge is 0.265 e. The molecule has 1 atom stereocenters. The third kappa shape index (κ3) is 3.11. The molecule has 0 saturated heterocycles. The number of rotatable bonds is 3. The van der Waals surface area contributed by atoms with Crippen molar-refractivity contribution in [1.29, 1.82) is 0 Å². The van der Waals surface area contributed by atoms with Gasteiger partial charge in [-0.15, -0.1) is 0 Å². The molecule has 3 rings (SSSR count). The standard InChI is InChI=1S/C15H13ClN2O4S/c1-9-15(19)17-12-8-10(6-7-13(12)22-9)18-23(20,21)14-5-3-2-4-11(14)16/h2-9,18H,1H3,(H,17,19)/t9-/m1/s1. The lowest BCUT2D eigenvalue weighted by atomic mass is 10.2. The van der Waals surface area contributed by atoms with Crippen LogP contribution in [0.3, 0.4) is 0 Å². The first-order valence-electron chi connectivity index (χ1n) is 6.76. The van der Waals surface area contributed by atoms with Gasteiger partial charge in [-0.25, -0.2) is 8.42 Å². The van der Waals surface area contributed by atoms with Crippen LogP contribution in [-0.2, 0) is 14.8 Å². The molecule has 23 heavy (non-hydrogen) atoms. The van der Waals surface area contributed by atoms with E-state index in [0.29, 0.717) is 17.1 Å². The molecule has 8 heteroatoms. The molecule has 1 amide bonds. The quantitative estimate of drug-likeness (QED) is 0.889. The van der Waals surface area contributed by atoms with Crippen molar-refractivity contribution in [3.8, 4) is 5.75 Å². The predicted molar refractivity (Wildman–Crippen MR) is 87.4 cm³/mol. The van der Waals surface area contributed by atoms with E-state index < -0.39 is 16.1 Å². The fourth-order valence-electron chi connectivity index (χ4n) is 2.15. The van der Waals surface area contributed by atoms with E-state index in [2.05, 4.69) is 10.0 Å². The van der Waals surface area contributed by atoms with Gasteiger partial charge in [0.15, 0.2) is 6.10 Å². The lowest BCUT2D eigenvalue weighted by Gasteiger charge is -2.23. The number of halogens is 1. The second kappa shape index (κ2) is 5.75. The molecule has 0 saturated carbocycles. The van der Waals surface area contributed by atoms with Crippen LogP contribution in [0.2, 0.25) is 5.02 Å². The molecule has 0 aliphatic carbocycles. The van der Waals surface area contributed by atoms with E-state index >= 15 is 0 Å². The Morgan fingerprint density at radius 1 is 1.22 bits per heavy atom. The zero-order chi connectivity index (χ0) is 16.6. The summed E-state index contributed by atoms with van der Waals surface area (Å²) in [7, 11) is -3.83. The molecule has 6 nitrogen and oxygen atoms in total. The van der Waals surface area contributed by atoms with Crippen LogP contribution in [0.5, 0.6) is 5.75 Å². The zero-order valence-corrected chi connectivity index (χ0v) is 13.6. The second-order valence-electron chi connectivity index (χ2n) is 5.00. The van der Waals surface area contributed by atoms with Gasteiger partial charge in [0.2, 0.25) is 0 Å². The minimum absolute atomic E-state index is 0.0201. The van der Waals surface area contributed by atoms with Gasteiger partial charge < -0.3 is 10.1 Å². The summed E-state index contributed by atoms with van der Waals surface area (Å²) in [5.41, 5.74) is 0.703. The maximum atomic E-state index is 12.4. The highest BCUT2D eigenvalue weighted by molar-refractivity contribution is 7.92. The topological polar surface area (TPSA) is 84.5 Å². The summed E-state index contributed by atoms with van der Waals surface area (Å²) in [4.78, 5) is 11.6. The molecule has 120 valence electrons. The van der Waals surface area contributed by atoms with Crippen molar-refractivity contribution in [3.63, 3.8) is 0 Å². The lowest BCUT2D eigenvalue weighted by molar-refractivity contribution is -0.122. The Kier molecular flexibility index (Phi) is 3.91. The molecule has 1 aliphatic heterocycles. The summed E-state index contributed by atoms with van der Waals surface area (Å²) in [6, 6.07) is 10.8. The van der Waals surface area contributed by atoms with E-state index in [0.717, 1.165) is 0 Å². The second-order valence-corrected chi connectivity index (χ2v) is 7.05. The van der Waals surface area contributed by atoms with E-state index in [4.69, 9.17) is 16.3 Å². The first-order valence-corrected chi connectivity index (χ1v) is 8.62. The third-order valence-electron chi connectivity index (χ3n) is 3.29. The first-order chi connectivity index (χ1) is 10.9. The minimum Gasteiger partial charge on any atom is -0.479 e. The molecule has 0 fully saturated rings. The summed E-state index contributed by atoms with van der Waals surface area (Å²) in [6.07, 6.45) is -0.590. The molecule has 2 aromatic rings. The zero-order valence-electron chi connectivity index (χ0n) is 12.0. The van der Waals surface area contributed by atoms with Crippen molar-refractivity contribution in [2.45, 2.75) is 17.9 Å². The van der Waals surface area contributed by atoms with E-state index in [1.54, 1.807) is 31.2 Å². The molecule has 1 aliphatic rings. The average Bonchev–Trinajstić information content (AvgIpc) is 2.48. The third-order valence-corrected chi connectivity index (χ3v) is 5.17. The van der Waals surface area contributed by atoms with Crippen molar-refractivity contribution < 1.29 is 17.9 Å². The van der Waals surface area contributed by atoms with Crippen LogP contribution in [0.25, 0.3) is 0 Å². The molecular formula is C15H13ClN2O4S. The molecule has 0 radical (unpaired) electrons. The van der Waals surface area contributed by atoms with Crippen LogP contribution in [0.15, 0.2) is 47.4 Å². The van der Waals surface area contributed by atoms with Gasteiger partial charge in [-0.2, -0.15) is 0 Å². The molecule has 0 bridgehead atoms. The fraction of sp³-hybridized carbons (Fsp3) is 0.133. The van der Waals surface area contributed by atoms with E-state index in [9.17, 15) is 13.2 Å². The van der Waals surface area contributed by atoms with E-state index in [-0.39, 0.29) is 15.8 Å². The molecule has 0 spiro atoms. The van der Waals surface area contributed by atoms with Gasteiger partial charge in [0.05, 0.1) is 16.4 Å². The van der Waals surface area contributed by atoms with Crippen molar-refractivity contribution >= 4 is 38.9 Å². The van der Waals surface area contributed by atoms with Crippen LogP contribution in [0, 0.1) is 0 Å². The highest BCUT2D eigenvalue weighted by atomic mass is 35.5. The Morgan fingerprint density at radius 3 is 2.70 bits per heavy atom. The number of hydrogen-bond acceptors (Lipinski definition) is 4. The summed E-state index contributed by atoms with van der Waals surface area (Å²) in [5.74, 6) is 0.196. The fourth-order valence-corrected chi connectivity index (χ4v) is 3.72. The maximum absolute atomic E-state index is 12.4. The van der Waals surface area contributed by atoms with E-state index in [1.807, 2.05) is 0 Å². The SMILES string of the molecule is C[C@H]1Oc2ccc(NS(=O)(=O)c3ccccc3Cl)cc2NC1=O. The Morgan fingerprint density at radius 2 is 1.96 bits per heavy atom. The molecule has 2 aromatic carbocycles. The van der Waals surface area contributed by atoms with Gasteiger partial charge >= 0.3 is 0 Å². The first kappa shape index (κ1) is 15.6. The number of carbonyl (C=O) groups is 1. The van der Waals surface area contributed by atoms with Crippen LogP contribution in [-0.4, -0.2) is 20.4 Å². The molecule has 1 heterocycles. The monoisotopic (exact) mass is 352 g/mol. The summed E-state index contributed by atoms with van der Waals surface area (Å²) >= 11 is 5.93. The predicted octanol–water partition coefficient (Wildman–Crippen LogP) is 2.86. The number of ether oxygens (including phenoxy) is 1. The Bertz CT molecular complexity index is 883. The van der Waals surface area contributed by atoms with Crippen molar-refractivity contribution in [3.05, 3.63) is 47.5 Å². The number of anilines is 2. The van der Waals surface area contributed by atoms with Gasteiger partial charge in [0, 0.05) is 0 Å². The van der Waals surface area contributed by atoms with Crippen molar-refractivity contribution in [2.24, 2.45) is 0 Å². The highest BCUT2D eigenvalue weighted by Gasteiger charge is 2.24. The average molecular weight is 353 g/mol. The molecule has 2 N–H and O–H groups in total. The molecule has 0 aromatic heterocycles. The van der Waals surface area contributed by atoms with Gasteiger partial charge in [0.1, 0.15) is 10.6 Å². The van der Waals surface area contributed by atoms with Crippen LogP contribution < -0.4 is 14.8 Å². The lowest BCUT2D eigenvalue weighted by Crippen LogP contribution is -2.34. The summed E-state index contributed by atoms with van der Waals surface area (Å²) in [6.45, 7) is 1.63. The number of benzene rings is 2. The number of hydrogen-bond donors (Lipinski definition) is 2. The molecular weight excluding hydrogens is 340 g/mol. The minimum atomic E-state index is -3.83. The van der Waals surface area contributed by atoms with Crippen molar-refractivity contribution in [1.82, 2.24) is 0 Å². The largest absolute Gasteiger partial charge is 0.479 e. The van der Waals surface area contributed by atoms with Gasteiger partial charge in [0.25, 0.3) is 15.9 Å². The Hall–Kier alpha value is -2.25. The highest BCUT2D eigenvalue weighted by Crippen LogP contribution is 2.33. The number of sulfonamides is 1. The number of carbonyl (C=O) groups excluding carboxylic acids is 1. The summed E-state index contributed by atoms with van der Waals surface area (Å²) in [5, 5.41) is 2.79. The van der Waals surface area contributed by atoms with Crippen LogP contribution in [0.1, 0.15) is 6.92 Å². The summed E-state index contributed by atoms with van der Waals surface area (Å²) < 4.78 is 32.6. The molecule has 0 unspecified atom stereocenters. The Balaban J connectivity index is 1.91. The number of fused-ring (bicyclic) bond motifs is 1. The normalized spacial score (nSPS) is 17.0. The van der Waals surface area contributed by atoms with E-state index in [1.165, 1.54) is 18.2 Å². The van der Waals surface area contributed by atoms with Gasteiger partial charge in [-0.3, -0.25) is 9.52 Å². The maximum Gasteiger partial charge on any atom is 0.265 e. The van der Waals surface area contributed by atoms with Crippen LogP contribution in [0.4, 0.5) is 11.4 Å². The number of amides is 1. The van der Waals surface area contributed by atoms with Crippen molar-refractivity contribution in [2.75, 3.05) is 10.0 Å². The van der Waals surface area contributed by atoms with Crippen LogP contribution >= 0.6 is 11.6 Å².